The Morgan fingerprint density at radius 2 is 2.29 bits per heavy atom. The number of carboxylic acids is 1. The van der Waals surface area contributed by atoms with Crippen LogP contribution in [0.2, 0.25) is 5.02 Å². The molecule has 1 atom stereocenters. The van der Waals surface area contributed by atoms with Crippen molar-refractivity contribution < 1.29 is 14.7 Å². The van der Waals surface area contributed by atoms with Crippen molar-refractivity contribution in [1.29, 1.82) is 0 Å². The molecule has 0 bridgehead atoms. The van der Waals surface area contributed by atoms with Crippen molar-refractivity contribution >= 4 is 34.8 Å². The number of rotatable bonds is 6. The summed E-state index contributed by atoms with van der Waals surface area (Å²) in [4.78, 5) is 23.2. The first kappa shape index (κ1) is 14.0. The van der Waals surface area contributed by atoms with Gasteiger partial charge in [0, 0.05) is 16.7 Å². The monoisotopic (exact) mass is 275 g/mol. The molecule has 2 N–H and O–H groups in total. The quantitative estimate of drug-likeness (QED) is 0.837. The van der Waals surface area contributed by atoms with Gasteiger partial charge in [-0.25, -0.2) is 4.79 Å². The second-order valence-corrected chi connectivity index (χ2v) is 5.03. The summed E-state index contributed by atoms with van der Waals surface area (Å²) in [6, 6.07) is 1.02. The van der Waals surface area contributed by atoms with Gasteiger partial charge < -0.3 is 10.4 Å². The maximum atomic E-state index is 11.5. The maximum Gasteiger partial charge on any atom is 0.326 e. The number of halogens is 1. The first-order valence-electron chi connectivity index (χ1n) is 5.28. The zero-order valence-corrected chi connectivity index (χ0v) is 11.0. The fourth-order valence-corrected chi connectivity index (χ4v) is 2.40. The minimum absolute atomic E-state index is 0.247. The Labute approximate surface area is 109 Å². The van der Waals surface area contributed by atoms with E-state index in [0.29, 0.717) is 17.9 Å². The van der Waals surface area contributed by atoms with E-state index >= 15 is 0 Å². The molecule has 1 aromatic rings. The number of nitrogens with one attached hydrogen (secondary N) is 1. The van der Waals surface area contributed by atoms with E-state index in [0.717, 1.165) is 4.88 Å². The van der Waals surface area contributed by atoms with Crippen molar-refractivity contribution in [3.05, 3.63) is 21.3 Å². The number of carbonyl (C=O) groups excluding carboxylic acids is 1. The van der Waals surface area contributed by atoms with E-state index in [1.165, 1.54) is 11.3 Å². The molecular formula is C11H14ClNO3S. The lowest BCUT2D eigenvalue weighted by atomic mass is 10.2. The molecule has 0 aromatic carbocycles. The van der Waals surface area contributed by atoms with E-state index in [4.69, 9.17) is 16.7 Å². The molecule has 94 valence electrons. The Kier molecular flexibility index (Phi) is 5.44. The molecule has 0 radical (unpaired) electrons. The van der Waals surface area contributed by atoms with E-state index in [1.807, 2.05) is 6.07 Å². The van der Waals surface area contributed by atoms with Crippen LogP contribution in [0.15, 0.2) is 11.4 Å². The SMILES string of the molecule is CCC(NC(=O)CCc1cc(Cl)cs1)C(=O)O. The van der Waals surface area contributed by atoms with Crippen molar-refractivity contribution in [2.75, 3.05) is 0 Å². The van der Waals surface area contributed by atoms with E-state index in [-0.39, 0.29) is 12.3 Å². The highest BCUT2D eigenvalue weighted by Gasteiger charge is 2.17. The third-order valence-corrected chi connectivity index (χ3v) is 3.61. The van der Waals surface area contributed by atoms with Gasteiger partial charge in [-0.15, -0.1) is 11.3 Å². The molecular weight excluding hydrogens is 262 g/mol. The highest BCUT2D eigenvalue weighted by Crippen LogP contribution is 2.20. The molecule has 6 heteroatoms. The van der Waals surface area contributed by atoms with Crippen LogP contribution in [-0.2, 0) is 16.0 Å². The van der Waals surface area contributed by atoms with Crippen molar-refractivity contribution in [2.24, 2.45) is 0 Å². The number of amides is 1. The van der Waals surface area contributed by atoms with Crippen LogP contribution in [0.25, 0.3) is 0 Å². The van der Waals surface area contributed by atoms with Gasteiger partial charge in [0.25, 0.3) is 0 Å². The molecule has 0 aliphatic carbocycles. The smallest absolute Gasteiger partial charge is 0.326 e. The van der Waals surface area contributed by atoms with Crippen LogP contribution in [0.4, 0.5) is 0 Å². The molecule has 1 rings (SSSR count). The van der Waals surface area contributed by atoms with Gasteiger partial charge in [0.2, 0.25) is 5.91 Å². The molecule has 1 unspecified atom stereocenters. The molecule has 0 fully saturated rings. The lowest BCUT2D eigenvalue weighted by molar-refractivity contribution is -0.141. The Hall–Kier alpha value is -1.07. The molecule has 1 aromatic heterocycles. The number of hydrogen-bond acceptors (Lipinski definition) is 3. The van der Waals surface area contributed by atoms with E-state index < -0.39 is 12.0 Å². The zero-order valence-electron chi connectivity index (χ0n) is 9.40. The van der Waals surface area contributed by atoms with E-state index in [2.05, 4.69) is 5.32 Å². The predicted molar refractivity (Wildman–Crippen MR) is 67.5 cm³/mol. The average molecular weight is 276 g/mol. The fraction of sp³-hybridized carbons (Fsp3) is 0.455. The highest BCUT2D eigenvalue weighted by molar-refractivity contribution is 7.10. The molecule has 0 aliphatic heterocycles. The van der Waals surface area contributed by atoms with Crippen LogP contribution in [0.5, 0.6) is 0 Å². The van der Waals surface area contributed by atoms with Crippen molar-refractivity contribution in [1.82, 2.24) is 5.32 Å². The lowest BCUT2D eigenvalue weighted by Gasteiger charge is -2.11. The van der Waals surface area contributed by atoms with Crippen LogP contribution < -0.4 is 5.32 Å². The lowest BCUT2D eigenvalue weighted by Crippen LogP contribution is -2.40. The minimum Gasteiger partial charge on any atom is -0.480 e. The average Bonchev–Trinajstić information content (AvgIpc) is 2.68. The summed E-state index contributed by atoms with van der Waals surface area (Å²) in [7, 11) is 0. The summed E-state index contributed by atoms with van der Waals surface area (Å²) in [6.07, 6.45) is 1.24. The Bertz CT molecular complexity index is 405. The summed E-state index contributed by atoms with van der Waals surface area (Å²) in [6.45, 7) is 1.72. The van der Waals surface area contributed by atoms with Gasteiger partial charge in [0.1, 0.15) is 6.04 Å². The van der Waals surface area contributed by atoms with Crippen LogP contribution in [0.3, 0.4) is 0 Å². The number of carbonyl (C=O) groups is 2. The van der Waals surface area contributed by atoms with Gasteiger partial charge in [-0.1, -0.05) is 18.5 Å². The molecule has 0 aliphatic rings. The number of aliphatic carboxylic acids is 1. The first-order chi connectivity index (χ1) is 8.02. The topological polar surface area (TPSA) is 66.4 Å². The molecule has 4 nitrogen and oxygen atoms in total. The van der Waals surface area contributed by atoms with Gasteiger partial charge in [-0.2, -0.15) is 0 Å². The molecule has 0 saturated heterocycles. The minimum atomic E-state index is -1.000. The second-order valence-electron chi connectivity index (χ2n) is 3.60. The van der Waals surface area contributed by atoms with Crippen molar-refractivity contribution in [2.45, 2.75) is 32.2 Å². The Balaban J connectivity index is 2.37. The third kappa shape index (κ3) is 4.75. The first-order valence-corrected chi connectivity index (χ1v) is 6.53. The van der Waals surface area contributed by atoms with E-state index in [1.54, 1.807) is 12.3 Å². The van der Waals surface area contributed by atoms with Crippen molar-refractivity contribution in [3.63, 3.8) is 0 Å². The molecule has 0 saturated carbocycles. The second kappa shape index (κ2) is 6.61. The summed E-state index contributed by atoms with van der Waals surface area (Å²) in [5, 5.41) is 13.7. The predicted octanol–water partition coefficient (Wildman–Crippen LogP) is 2.31. The number of carboxylic acid groups (broad SMARTS) is 1. The summed E-state index contributed by atoms with van der Waals surface area (Å²) in [5.74, 6) is -1.25. The largest absolute Gasteiger partial charge is 0.480 e. The van der Waals surface area contributed by atoms with Gasteiger partial charge in [-0.3, -0.25) is 4.79 Å². The van der Waals surface area contributed by atoms with Gasteiger partial charge >= 0.3 is 5.97 Å². The van der Waals surface area contributed by atoms with Crippen LogP contribution in [0.1, 0.15) is 24.6 Å². The number of hydrogen-bond donors (Lipinski definition) is 2. The van der Waals surface area contributed by atoms with Gasteiger partial charge in [0.05, 0.1) is 5.02 Å². The Morgan fingerprint density at radius 1 is 1.59 bits per heavy atom. The fourth-order valence-electron chi connectivity index (χ4n) is 1.33. The van der Waals surface area contributed by atoms with E-state index in [9.17, 15) is 9.59 Å². The van der Waals surface area contributed by atoms with Crippen LogP contribution >= 0.6 is 22.9 Å². The van der Waals surface area contributed by atoms with Crippen molar-refractivity contribution in [3.8, 4) is 0 Å². The number of thiophene rings is 1. The summed E-state index contributed by atoms with van der Waals surface area (Å²) < 4.78 is 0. The molecule has 17 heavy (non-hydrogen) atoms. The summed E-state index contributed by atoms with van der Waals surface area (Å²) in [5.41, 5.74) is 0. The normalized spacial score (nSPS) is 12.1. The molecule has 0 spiro atoms. The summed E-state index contributed by atoms with van der Waals surface area (Å²) >= 11 is 7.25. The molecule has 1 heterocycles. The number of aryl methyl sites for hydroxylation is 1. The Morgan fingerprint density at radius 3 is 2.76 bits per heavy atom. The molecule has 1 amide bonds. The zero-order chi connectivity index (χ0) is 12.8. The highest BCUT2D eigenvalue weighted by atomic mass is 35.5. The standard InChI is InChI=1S/C11H14ClNO3S/c1-2-9(11(15)16)13-10(14)4-3-8-5-7(12)6-17-8/h5-6,9H,2-4H2,1H3,(H,13,14)(H,15,16). The maximum absolute atomic E-state index is 11.5. The van der Waals surface area contributed by atoms with Gasteiger partial charge in [0.15, 0.2) is 0 Å². The third-order valence-electron chi connectivity index (χ3n) is 2.26. The van der Waals surface area contributed by atoms with Crippen LogP contribution in [-0.4, -0.2) is 23.0 Å². The van der Waals surface area contributed by atoms with Crippen LogP contribution in [0, 0.1) is 0 Å². The van der Waals surface area contributed by atoms with Gasteiger partial charge in [-0.05, 0) is 18.9 Å².